The highest BCUT2D eigenvalue weighted by molar-refractivity contribution is 6.37. The van der Waals surface area contributed by atoms with E-state index in [0.717, 1.165) is 38.8 Å². The first-order chi connectivity index (χ1) is 22.1. The molecule has 0 spiro atoms. The van der Waals surface area contributed by atoms with Crippen LogP contribution in [0.15, 0.2) is 48.8 Å². The summed E-state index contributed by atoms with van der Waals surface area (Å²) in [6, 6.07) is 8.22. The maximum absolute atomic E-state index is 16.8. The number of carbonyl (C=O) groups excluding carboxylic acids is 1. The van der Waals surface area contributed by atoms with Gasteiger partial charge in [0.25, 0.3) is 5.91 Å². The molecule has 0 radical (unpaired) electrons. The molecule has 3 fully saturated rings. The fraction of sp³-hybridized carbons (Fsp3) is 0.382. The minimum atomic E-state index is -1.05. The van der Waals surface area contributed by atoms with Crippen LogP contribution in [0.3, 0.4) is 0 Å². The van der Waals surface area contributed by atoms with Crippen LogP contribution in [-0.4, -0.2) is 76.6 Å². The number of benzene rings is 3. The highest BCUT2D eigenvalue weighted by Gasteiger charge is 2.45. The van der Waals surface area contributed by atoms with Crippen LogP contribution < -0.4 is 9.64 Å². The summed E-state index contributed by atoms with van der Waals surface area (Å²) in [5.41, 5.74) is -0.624. The van der Waals surface area contributed by atoms with Crippen molar-refractivity contribution in [1.29, 1.82) is 0 Å². The van der Waals surface area contributed by atoms with Crippen LogP contribution in [0.1, 0.15) is 32.6 Å². The van der Waals surface area contributed by atoms with E-state index in [1.54, 1.807) is 12.1 Å². The minimum Gasteiger partial charge on any atom is -0.461 e. The standard InChI is InChI=1S/C34H32ClF4N5O2/c1-19-17-42(32(45)20(2)36)14-15-44(19)31-23-16-25(38)27(22-7-3-6-21-8-9-24(37)28(35)26(21)22)29(39)30(23)40-33(41-31)46-18-34-10-4-12-43(34)13-5-11-34/h3,6-9,16,19H,2,4-5,10-15,17-18H2,1H3/t19-/m0/s1. The molecule has 0 aliphatic carbocycles. The van der Waals surface area contributed by atoms with Gasteiger partial charge in [0.1, 0.15) is 29.6 Å². The molecule has 3 saturated heterocycles. The van der Waals surface area contributed by atoms with E-state index in [2.05, 4.69) is 21.4 Å². The third-order valence-corrected chi connectivity index (χ3v) is 10.1. The van der Waals surface area contributed by atoms with E-state index in [1.165, 1.54) is 29.2 Å². The molecule has 7 rings (SSSR count). The SMILES string of the molecule is C=C(F)C(=O)N1CCN(c2nc(OCC34CCCN3CCC4)nc3c(F)c(-c4cccc5ccc(F)c(Cl)c45)c(F)cc23)[C@@H](C)C1. The summed E-state index contributed by atoms with van der Waals surface area (Å²) in [4.78, 5) is 27.1. The molecule has 0 N–H and O–H groups in total. The molecule has 0 saturated carbocycles. The van der Waals surface area contributed by atoms with E-state index in [9.17, 15) is 13.6 Å². The van der Waals surface area contributed by atoms with E-state index in [4.69, 9.17) is 16.3 Å². The summed E-state index contributed by atoms with van der Waals surface area (Å²) >= 11 is 6.34. The molecular formula is C34H32ClF4N5O2. The van der Waals surface area contributed by atoms with Gasteiger partial charge in [-0.15, -0.1) is 0 Å². The second-order valence-electron chi connectivity index (χ2n) is 12.4. The molecule has 0 unspecified atom stereocenters. The van der Waals surface area contributed by atoms with Gasteiger partial charge in [0.2, 0.25) is 0 Å². The molecule has 12 heteroatoms. The van der Waals surface area contributed by atoms with E-state index in [0.29, 0.717) is 12.0 Å². The van der Waals surface area contributed by atoms with Crippen molar-refractivity contribution in [1.82, 2.24) is 19.8 Å². The molecule has 0 bridgehead atoms. The predicted molar refractivity (Wildman–Crippen MR) is 169 cm³/mol. The number of piperazine rings is 1. The summed E-state index contributed by atoms with van der Waals surface area (Å²) in [7, 11) is 0. The van der Waals surface area contributed by atoms with Crippen LogP contribution in [0, 0.1) is 17.5 Å². The van der Waals surface area contributed by atoms with Crippen LogP contribution in [0.4, 0.5) is 23.4 Å². The first-order valence-electron chi connectivity index (χ1n) is 15.4. The van der Waals surface area contributed by atoms with Crippen molar-refractivity contribution in [3.63, 3.8) is 0 Å². The predicted octanol–water partition coefficient (Wildman–Crippen LogP) is 7.05. The zero-order valence-electron chi connectivity index (χ0n) is 25.3. The van der Waals surface area contributed by atoms with Crippen molar-refractivity contribution in [2.75, 3.05) is 44.2 Å². The Morgan fingerprint density at radius 2 is 1.83 bits per heavy atom. The van der Waals surface area contributed by atoms with Crippen LogP contribution in [0.25, 0.3) is 32.8 Å². The highest BCUT2D eigenvalue weighted by atomic mass is 35.5. The lowest BCUT2D eigenvalue weighted by Gasteiger charge is -2.40. The molecule has 46 heavy (non-hydrogen) atoms. The lowest BCUT2D eigenvalue weighted by Crippen LogP contribution is -2.54. The minimum absolute atomic E-state index is 0.0584. The molecule has 1 atom stereocenters. The Kier molecular flexibility index (Phi) is 7.79. The van der Waals surface area contributed by atoms with Crippen LogP contribution in [-0.2, 0) is 4.79 Å². The normalized spacial score (nSPS) is 19.7. The summed E-state index contributed by atoms with van der Waals surface area (Å²) in [6.45, 7) is 7.74. The molecular weight excluding hydrogens is 622 g/mol. The van der Waals surface area contributed by atoms with Gasteiger partial charge in [0, 0.05) is 36.4 Å². The molecule has 3 aliphatic heterocycles. The average molecular weight is 654 g/mol. The maximum Gasteiger partial charge on any atom is 0.319 e. The number of rotatable bonds is 6. The molecule has 4 aromatic rings. The quantitative estimate of drug-likeness (QED) is 0.164. The van der Waals surface area contributed by atoms with Gasteiger partial charge >= 0.3 is 6.01 Å². The molecule has 1 amide bonds. The highest BCUT2D eigenvalue weighted by Crippen LogP contribution is 2.42. The van der Waals surface area contributed by atoms with Crippen molar-refractivity contribution in [2.45, 2.75) is 44.2 Å². The van der Waals surface area contributed by atoms with Gasteiger partial charge in [-0.1, -0.05) is 42.4 Å². The summed E-state index contributed by atoms with van der Waals surface area (Å²) in [5.74, 6) is -4.20. The first-order valence-corrected chi connectivity index (χ1v) is 15.8. The van der Waals surface area contributed by atoms with Gasteiger partial charge in [0.05, 0.1) is 16.1 Å². The fourth-order valence-electron chi connectivity index (χ4n) is 7.50. The smallest absolute Gasteiger partial charge is 0.319 e. The number of hydrogen-bond donors (Lipinski definition) is 0. The Morgan fingerprint density at radius 3 is 2.54 bits per heavy atom. The Hall–Kier alpha value is -3.96. The Labute approximate surface area is 268 Å². The third-order valence-electron chi connectivity index (χ3n) is 9.75. The number of ether oxygens (including phenoxy) is 1. The number of aromatic nitrogens is 2. The van der Waals surface area contributed by atoms with Gasteiger partial charge in [-0.25, -0.2) is 17.6 Å². The van der Waals surface area contributed by atoms with E-state index >= 15 is 8.78 Å². The van der Waals surface area contributed by atoms with Crippen LogP contribution in [0.2, 0.25) is 5.02 Å². The van der Waals surface area contributed by atoms with Gasteiger partial charge < -0.3 is 14.5 Å². The molecule has 4 heterocycles. The van der Waals surface area contributed by atoms with E-state index in [1.807, 2.05) is 11.8 Å². The number of anilines is 1. The van der Waals surface area contributed by atoms with Crippen LogP contribution >= 0.6 is 11.6 Å². The van der Waals surface area contributed by atoms with Crippen molar-refractivity contribution in [3.05, 3.63) is 71.3 Å². The monoisotopic (exact) mass is 653 g/mol. The lowest BCUT2D eigenvalue weighted by atomic mass is 9.95. The summed E-state index contributed by atoms with van der Waals surface area (Å²) < 4.78 is 67.4. The van der Waals surface area contributed by atoms with Gasteiger partial charge in [-0.05, 0) is 68.8 Å². The average Bonchev–Trinajstić information content (AvgIpc) is 3.62. The van der Waals surface area contributed by atoms with Gasteiger partial charge in [-0.2, -0.15) is 9.97 Å². The molecule has 3 aromatic carbocycles. The number of hydrogen-bond acceptors (Lipinski definition) is 6. The third kappa shape index (κ3) is 5.04. The van der Waals surface area contributed by atoms with E-state index < -0.39 is 40.8 Å². The van der Waals surface area contributed by atoms with E-state index in [-0.39, 0.29) is 63.9 Å². The summed E-state index contributed by atoms with van der Waals surface area (Å²) in [6.07, 6.45) is 4.07. The van der Waals surface area contributed by atoms with Gasteiger partial charge in [-0.3, -0.25) is 9.69 Å². The Morgan fingerprint density at radius 1 is 1.07 bits per heavy atom. The van der Waals surface area contributed by atoms with Crippen molar-refractivity contribution >= 4 is 45.0 Å². The Balaban J connectivity index is 1.36. The second-order valence-corrected chi connectivity index (χ2v) is 12.8. The number of amides is 1. The Bertz CT molecular complexity index is 1900. The molecule has 1 aromatic heterocycles. The number of fused-ring (bicyclic) bond motifs is 3. The van der Waals surface area contributed by atoms with Crippen LogP contribution in [0.5, 0.6) is 6.01 Å². The largest absolute Gasteiger partial charge is 0.461 e. The number of carbonyl (C=O) groups is 1. The second kappa shape index (κ2) is 11.7. The molecule has 3 aliphatic rings. The first kappa shape index (κ1) is 30.7. The zero-order valence-corrected chi connectivity index (χ0v) is 26.0. The molecule has 240 valence electrons. The van der Waals surface area contributed by atoms with Crippen molar-refractivity contribution < 1.29 is 27.1 Å². The maximum atomic E-state index is 16.8. The lowest BCUT2D eigenvalue weighted by molar-refractivity contribution is -0.129. The summed E-state index contributed by atoms with van der Waals surface area (Å²) in [5, 5.41) is 0.558. The zero-order chi connectivity index (χ0) is 32.3. The number of halogens is 5. The molecule has 7 nitrogen and oxygen atoms in total. The van der Waals surface area contributed by atoms with Crippen molar-refractivity contribution in [2.24, 2.45) is 0 Å². The fourth-order valence-corrected chi connectivity index (χ4v) is 7.77. The van der Waals surface area contributed by atoms with Crippen molar-refractivity contribution in [3.8, 4) is 17.1 Å². The van der Waals surface area contributed by atoms with Gasteiger partial charge in [0.15, 0.2) is 11.6 Å². The number of nitrogens with zero attached hydrogens (tertiary/aromatic N) is 5. The topological polar surface area (TPSA) is 61.8 Å².